The fourth-order valence-corrected chi connectivity index (χ4v) is 2.78. The van der Waals surface area contributed by atoms with Crippen molar-refractivity contribution in [2.45, 2.75) is 33.1 Å². The Labute approximate surface area is 150 Å². The number of hydrogen-bond acceptors (Lipinski definition) is 3. The van der Waals surface area contributed by atoms with Gasteiger partial charge in [0.2, 0.25) is 0 Å². The van der Waals surface area contributed by atoms with E-state index in [2.05, 4.69) is 19.2 Å². The average Bonchev–Trinajstić information content (AvgIpc) is 2.61. The summed E-state index contributed by atoms with van der Waals surface area (Å²) in [7, 11) is 3.31. The minimum absolute atomic E-state index is 0.0458. The molecule has 4 heteroatoms. The Morgan fingerprint density at radius 1 is 1.08 bits per heavy atom. The number of hydrogen-bond donors (Lipinski definition) is 1. The van der Waals surface area contributed by atoms with Crippen LogP contribution in [-0.2, 0) is 6.42 Å². The van der Waals surface area contributed by atoms with Crippen molar-refractivity contribution < 1.29 is 14.3 Å². The first-order chi connectivity index (χ1) is 12.0. The van der Waals surface area contributed by atoms with Gasteiger partial charge in [-0.15, -0.1) is 0 Å². The van der Waals surface area contributed by atoms with Crippen molar-refractivity contribution in [3.63, 3.8) is 0 Å². The molecule has 4 nitrogen and oxygen atoms in total. The highest BCUT2D eigenvalue weighted by Crippen LogP contribution is 2.29. The van der Waals surface area contributed by atoms with Gasteiger partial charge in [-0.3, -0.25) is 4.79 Å². The van der Waals surface area contributed by atoms with Crippen molar-refractivity contribution in [3.05, 3.63) is 58.7 Å². The third kappa shape index (κ3) is 4.75. The number of methoxy groups -OCH3 is 2. The SMILES string of the molecule is COc1ccc(CCNC(=O)c2cc(C(C)C)c(OC)cc2C)cc1. The molecule has 0 aromatic heterocycles. The predicted octanol–water partition coefficient (Wildman–Crippen LogP) is 4.11. The van der Waals surface area contributed by atoms with Crippen LogP contribution in [0.3, 0.4) is 0 Å². The third-order valence-corrected chi connectivity index (χ3v) is 4.30. The molecule has 0 aliphatic rings. The zero-order valence-corrected chi connectivity index (χ0v) is 15.7. The van der Waals surface area contributed by atoms with Gasteiger partial charge in [0, 0.05) is 12.1 Å². The molecule has 0 bridgehead atoms. The summed E-state index contributed by atoms with van der Waals surface area (Å²) in [5, 5.41) is 3.01. The van der Waals surface area contributed by atoms with Gasteiger partial charge >= 0.3 is 0 Å². The van der Waals surface area contributed by atoms with Crippen LogP contribution in [0.5, 0.6) is 11.5 Å². The van der Waals surface area contributed by atoms with Gasteiger partial charge < -0.3 is 14.8 Å². The normalized spacial score (nSPS) is 10.6. The maximum absolute atomic E-state index is 12.6. The van der Waals surface area contributed by atoms with E-state index >= 15 is 0 Å². The number of carbonyl (C=O) groups excluding carboxylic acids is 1. The Morgan fingerprint density at radius 3 is 2.32 bits per heavy atom. The summed E-state index contributed by atoms with van der Waals surface area (Å²) < 4.78 is 10.6. The van der Waals surface area contributed by atoms with Crippen LogP contribution in [0.25, 0.3) is 0 Å². The number of ether oxygens (including phenoxy) is 2. The van der Waals surface area contributed by atoms with Crippen molar-refractivity contribution in [1.82, 2.24) is 5.32 Å². The van der Waals surface area contributed by atoms with E-state index < -0.39 is 0 Å². The Hall–Kier alpha value is -2.49. The zero-order valence-electron chi connectivity index (χ0n) is 15.7. The van der Waals surface area contributed by atoms with E-state index in [4.69, 9.17) is 9.47 Å². The molecule has 0 fully saturated rings. The first-order valence-electron chi connectivity index (χ1n) is 8.56. The number of rotatable bonds is 7. The van der Waals surface area contributed by atoms with Gasteiger partial charge in [-0.25, -0.2) is 0 Å². The van der Waals surface area contributed by atoms with Crippen molar-refractivity contribution in [2.24, 2.45) is 0 Å². The molecule has 0 radical (unpaired) electrons. The zero-order chi connectivity index (χ0) is 18.4. The van der Waals surface area contributed by atoms with Gasteiger partial charge in [-0.2, -0.15) is 0 Å². The molecule has 134 valence electrons. The highest BCUT2D eigenvalue weighted by Gasteiger charge is 2.15. The predicted molar refractivity (Wildman–Crippen MR) is 101 cm³/mol. The van der Waals surface area contributed by atoms with E-state index in [0.29, 0.717) is 18.0 Å². The lowest BCUT2D eigenvalue weighted by molar-refractivity contribution is 0.0953. The molecule has 0 aliphatic heterocycles. The van der Waals surface area contributed by atoms with Gasteiger partial charge in [0.1, 0.15) is 11.5 Å². The van der Waals surface area contributed by atoms with Gasteiger partial charge in [-0.05, 0) is 60.2 Å². The van der Waals surface area contributed by atoms with Gasteiger partial charge in [0.05, 0.1) is 14.2 Å². The van der Waals surface area contributed by atoms with Crippen LogP contribution in [0.2, 0.25) is 0 Å². The van der Waals surface area contributed by atoms with Crippen LogP contribution in [0.4, 0.5) is 0 Å². The van der Waals surface area contributed by atoms with Crippen molar-refractivity contribution in [1.29, 1.82) is 0 Å². The number of aryl methyl sites for hydroxylation is 1. The maximum atomic E-state index is 12.6. The Balaban J connectivity index is 2.03. The highest BCUT2D eigenvalue weighted by molar-refractivity contribution is 5.96. The van der Waals surface area contributed by atoms with Crippen LogP contribution in [0, 0.1) is 6.92 Å². The summed E-state index contributed by atoms with van der Waals surface area (Å²) in [6.07, 6.45) is 0.780. The maximum Gasteiger partial charge on any atom is 0.251 e. The summed E-state index contributed by atoms with van der Waals surface area (Å²) in [4.78, 5) is 12.6. The van der Waals surface area contributed by atoms with Crippen molar-refractivity contribution in [3.8, 4) is 11.5 Å². The standard InChI is InChI=1S/C21H27NO3/c1-14(2)18-13-19(15(3)12-20(18)25-5)21(23)22-11-10-16-6-8-17(24-4)9-7-16/h6-9,12-14H,10-11H2,1-5H3,(H,22,23). The number of amides is 1. The molecule has 2 rings (SSSR count). The lowest BCUT2D eigenvalue weighted by Crippen LogP contribution is -2.26. The molecule has 0 saturated carbocycles. The monoisotopic (exact) mass is 341 g/mol. The lowest BCUT2D eigenvalue weighted by Gasteiger charge is -2.16. The first kappa shape index (κ1) is 18.8. The summed E-state index contributed by atoms with van der Waals surface area (Å²) in [5.74, 6) is 1.92. The minimum atomic E-state index is -0.0458. The molecule has 2 aromatic carbocycles. The van der Waals surface area contributed by atoms with Gasteiger partial charge in [0.15, 0.2) is 0 Å². The molecule has 1 N–H and O–H groups in total. The molecule has 2 aromatic rings. The molecular formula is C21H27NO3. The quantitative estimate of drug-likeness (QED) is 0.824. The highest BCUT2D eigenvalue weighted by atomic mass is 16.5. The molecule has 0 heterocycles. The molecular weight excluding hydrogens is 314 g/mol. The van der Waals surface area contributed by atoms with E-state index in [-0.39, 0.29) is 5.91 Å². The molecule has 25 heavy (non-hydrogen) atoms. The molecule has 0 saturated heterocycles. The minimum Gasteiger partial charge on any atom is -0.497 e. The van der Waals surface area contributed by atoms with Crippen molar-refractivity contribution >= 4 is 5.91 Å². The van der Waals surface area contributed by atoms with Gasteiger partial charge in [-0.1, -0.05) is 26.0 Å². The Bertz CT molecular complexity index is 721. The summed E-state index contributed by atoms with van der Waals surface area (Å²) in [6, 6.07) is 11.8. The summed E-state index contributed by atoms with van der Waals surface area (Å²) in [6.45, 7) is 6.72. The second-order valence-electron chi connectivity index (χ2n) is 6.42. The van der Waals surface area contributed by atoms with Crippen molar-refractivity contribution in [2.75, 3.05) is 20.8 Å². The Morgan fingerprint density at radius 2 is 1.76 bits per heavy atom. The fraction of sp³-hybridized carbons (Fsp3) is 0.381. The molecule has 0 atom stereocenters. The number of carbonyl (C=O) groups is 1. The van der Waals surface area contributed by atoms with Crippen LogP contribution >= 0.6 is 0 Å². The summed E-state index contributed by atoms with van der Waals surface area (Å²) >= 11 is 0. The summed E-state index contributed by atoms with van der Waals surface area (Å²) in [5.41, 5.74) is 3.84. The molecule has 0 unspecified atom stereocenters. The first-order valence-corrected chi connectivity index (χ1v) is 8.56. The van der Waals surface area contributed by atoms with E-state index in [0.717, 1.165) is 34.6 Å². The number of benzene rings is 2. The van der Waals surface area contributed by atoms with E-state index in [1.165, 1.54) is 0 Å². The van der Waals surface area contributed by atoms with Crippen LogP contribution < -0.4 is 14.8 Å². The molecule has 1 amide bonds. The van der Waals surface area contributed by atoms with Crippen LogP contribution in [0.15, 0.2) is 36.4 Å². The molecule has 0 aliphatic carbocycles. The van der Waals surface area contributed by atoms with Crippen LogP contribution in [0.1, 0.15) is 46.8 Å². The fourth-order valence-electron chi connectivity index (χ4n) is 2.78. The third-order valence-electron chi connectivity index (χ3n) is 4.30. The largest absolute Gasteiger partial charge is 0.497 e. The Kier molecular flexibility index (Phi) is 6.45. The van der Waals surface area contributed by atoms with Crippen LogP contribution in [-0.4, -0.2) is 26.7 Å². The molecule has 0 spiro atoms. The second kappa shape index (κ2) is 8.56. The second-order valence-corrected chi connectivity index (χ2v) is 6.42. The number of nitrogens with one attached hydrogen (secondary N) is 1. The van der Waals surface area contributed by atoms with Gasteiger partial charge in [0.25, 0.3) is 5.91 Å². The van der Waals surface area contributed by atoms with E-state index in [1.54, 1.807) is 14.2 Å². The topological polar surface area (TPSA) is 47.6 Å². The lowest BCUT2D eigenvalue weighted by atomic mass is 9.96. The van der Waals surface area contributed by atoms with E-state index in [1.807, 2.05) is 43.3 Å². The van der Waals surface area contributed by atoms with E-state index in [9.17, 15) is 4.79 Å². The smallest absolute Gasteiger partial charge is 0.251 e. The average molecular weight is 341 g/mol.